The molecule has 7 heteroatoms. The number of aromatic amines is 1. The fraction of sp³-hybridized carbons (Fsp3) is 0.125. The lowest BCUT2D eigenvalue weighted by Gasteiger charge is -2.01. The second kappa shape index (κ2) is 4.26. The molecule has 0 saturated carbocycles. The van der Waals surface area contributed by atoms with Gasteiger partial charge in [0.05, 0.1) is 17.0 Å². The number of rotatable bonds is 2. The minimum Gasteiger partial charge on any atom is -0.468 e. The minimum atomic E-state index is 0.227. The van der Waals surface area contributed by atoms with E-state index in [4.69, 9.17) is 28.6 Å². The lowest BCUT2D eigenvalue weighted by Crippen LogP contribution is -1.96. The molecule has 0 amide bonds. The zero-order valence-corrected chi connectivity index (χ0v) is 10.0. The van der Waals surface area contributed by atoms with Gasteiger partial charge in [0.2, 0.25) is 4.77 Å². The first kappa shape index (κ1) is 10.5. The van der Waals surface area contributed by atoms with E-state index in [9.17, 15) is 0 Å². The van der Waals surface area contributed by atoms with Crippen LogP contribution in [0.3, 0.4) is 0 Å². The monoisotopic (exact) mass is 259 g/mol. The number of halogens is 1. The Labute approximate surface area is 99.9 Å². The average Bonchev–Trinajstić information content (AvgIpc) is 2.63. The van der Waals surface area contributed by atoms with Crippen LogP contribution in [0.15, 0.2) is 11.4 Å². The van der Waals surface area contributed by atoms with Gasteiger partial charge in [-0.25, -0.2) is 0 Å². The molecule has 0 saturated heterocycles. The molecule has 1 N–H and O–H groups in total. The Hall–Kier alpha value is -0.980. The Morgan fingerprint density at radius 2 is 2.33 bits per heavy atom. The molecule has 0 bridgehead atoms. The Balaban J connectivity index is 2.58. The molecule has 15 heavy (non-hydrogen) atoms. The third-order valence-corrected chi connectivity index (χ3v) is 3.19. The summed E-state index contributed by atoms with van der Waals surface area (Å²) < 4.78 is 5.19. The van der Waals surface area contributed by atoms with Crippen LogP contribution in [0.2, 0.25) is 5.02 Å². The standard InChI is InChI=1S/C8H6ClN3OS2/c1-13-7-10-6(11-8(14)12-7)5-4(9)2-3-15-5/h2-3H,1H3,(H,10,11,12,14). The number of thiophene rings is 1. The van der Waals surface area contributed by atoms with Crippen molar-refractivity contribution in [1.82, 2.24) is 15.0 Å². The number of ether oxygens (including phenoxy) is 1. The third-order valence-electron chi connectivity index (χ3n) is 1.66. The lowest BCUT2D eigenvalue weighted by molar-refractivity contribution is 0.378. The first-order chi connectivity index (χ1) is 7.20. The normalized spacial score (nSPS) is 10.3. The van der Waals surface area contributed by atoms with E-state index in [2.05, 4.69) is 15.0 Å². The number of methoxy groups -OCH3 is 1. The van der Waals surface area contributed by atoms with Crippen molar-refractivity contribution < 1.29 is 4.74 Å². The van der Waals surface area contributed by atoms with E-state index in [0.717, 1.165) is 4.88 Å². The molecular weight excluding hydrogens is 254 g/mol. The zero-order chi connectivity index (χ0) is 10.8. The highest BCUT2D eigenvalue weighted by Crippen LogP contribution is 2.30. The molecule has 2 rings (SSSR count). The summed E-state index contributed by atoms with van der Waals surface area (Å²) in [5.41, 5.74) is 0. The van der Waals surface area contributed by atoms with Crippen molar-refractivity contribution in [3.8, 4) is 16.7 Å². The Morgan fingerprint density at radius 3 is 2.93 bits per heavy atom. The number of nitrogens with one attached hydrogen (secondary N) is 1. The van der Waals surface area contributed by atoms with Gasteiger partial charge in [0.1, 0.15) is 0 Å². The molecule has 4 nitrogen and oxygen atoms in total. The van der Waals surface area contributed by atoms with Gasteiger partial charge in [0.15, 0.2) is 5.82 Å². The molecule has 2 aromatic heterocycles. The average molecular weight is 260 g/mol. The lowest BCUT2D eigenvalue weighted by atomic mass is 10.4. The first-order valence-electron chi connectivity index (χ1n) is 3.96. The van der Waals surface area contributed by atoms with Crippen molar-refractivity contribution >= 4 is 35.2 Å². The molecule has 2 aromatic rings. The van der Waals surface area contributed by atoms with Crippen LogP contribution in [0.4, 0.5) is 0 Å². The van der Waals surface area contributed by atoms with E-state index in [0.29, 0.717) is 16.9 Å². The van der Waals surface area contributed by atoms with Crippen molar-refractivity contribution in [1.29, 1.82) is 0 Å². The summed E-state index contributed by atoms with van der Waals surface area (Å²) in [5, 5.41) is 2.51. The van der Waals surface area contributed by atoms with Crippen LogP contribution in [0.1, 0.15) is 0 Å². The topological polar surface area (TPSA) is 50.8 Å². The van der Waals surface area contributed by atoms with Crippen molar-refractivity contribution in [2.45, 2.75) is 0 Å². The van der Waals surface area contributed by atoms with Crippen LogP contribution in [-0.4, -0.2) is 22.1 Å². The van der Waals surface area contributed by atoms with Gasteiger partial charge in [-0.05, 0) is 23.7 Å². The van der Waals surface area contributed by atoms with Crippen LogP contribution >= 0.6 is 35.2 Å². The van der Waals surface area contributed by atoms with Gasteiger partial charge in [0.25, 0.3) is 6.01 Å². The predicted octanol–water partition coefficient (Wildman–Crippen LogP) is 2.92. The summed E-state index contributed by atoms with van der Waals surface area (Å²) >= 11 is 12.4. The zero-order valence-electron chi connectivity index (χ0n) is 7.65. The smallest absolute Gasteiger partial charge is 0.297 e. The van der Waals surface area contributed by atoms with Crippen LogP contribution in [0.25, 0.3) is 10.7 Å². The van der Waals surface area contributed by atoms with Crippen molar-refractivity contribution in [3.05, 3.63) is 21.2 Å². The largest absolute Gasteiger partial charge is 0.468 e. The van der Waals surface area contributed by atoms with Crippen molar-refractivity contribution in [2.24, 2.45) is 0 Å². The molecule has 0 spiro atoms. The van der Waals surface area contributed by atoms with E-state index in [-0.39, 0.29) is 4.77 Å². The number of H-pyrrole nitrogens is 1. The maximum Gasteiger partial charge on any atom is 0.297 e. The van der Waals surface area contributed by atoms with Crippen molar-refractivity contribution in [2.75, 3.05) is 7.11 Å². The molecular formula is C8H6ClN3OS2. The molecule has 0 fully saturated rings. The highest BCUT2D eigenvalue weighted by molar-refractivity contribution is 7.71. The first-order valence-corrected chi connectivity index (χ1v) is 5.63. The molecule has 0 radical (unpaired) electrons. The predicted molar refractivity (Wildman–Crippen MR) is 62.1 cm³/mol. The van der Waals surface area contributed by atoms with Crippen LogP contribution in [0.5, 0.6) is 6.01 Å². The van der Waals surface area contributed by atoms with Crippen LogP contribution in [0, 0.1) is 4.77 Å². The molecule has 0 aromatic carbocycles. The summed E-state index contributed by atoms with van der Waals surface area (Å²) in [4.78, 5) is 11.7. The molecule has 78 valence electrons. The van der Waals surface area contributed by atoms with E-state index in [1.807, 2.05) is 5.38 Å². The number of hydrogen-bond acceptors (Lipinski definition) is 5. The fourth-order valence-electron chi connectivity index (χ4n) is 1.03. The Morgan fingerprint density at radius 1 is 1.53 bits per heavy atom. The Bertz CT molecular complexity index is 537. The van der Waals surface area contributed by atoms with Gasteiger partial charge in [-0.15, -0.1) is 11.3 Å². The van der Waals surface area contributed by atoms with Gasteiger partial charge in [-0.1, -0.05) is 11.6 Å². The van der Waals surface area contributed by atoms with E-state index >= 15 is 0 Å². The van der Waals surface area contributed by atoms with Crippen LogP contribution < -0.4 is 4.74 Å². The number of hydrogen-bond donors (Lipinski definition) is 1. The quantitative estimate of drug-likeness (QED) is 0.843. The number of aromatic nitrogens is 3. The Kier molecular flexibility index (Phi) is 2.99. The van der Waals surface area contributed by atoms with Crippen LogP contribution in [-0.2, 0) is 0 Å². The maximum absolute atomic E-state index is 5.98. The summed E-state index contributed by atoms with van der Waals surface area (Å²) in [6.07, 6.45) is 0. The fourth-order valence-corrected chi connectivity index (χ4v) is 2.30. The highest BCUT2D eigenvalue weighted by atomic mass is 35.5. The molecule has 0 aliphatic rings. The minimum absolute atomic E-state index is 0.227. The molecule has 2 heterocycles. The van der Waals surface area contributed by atoms with Gasteiger partial charge in [-0.3, -0.25) is 4.98 Å². The number of nitrogens with zero attached hydrogens (tertiary/aromatic N) is 2. The summed E-state index contributed by atoms with van der Waals surface area (Å²) in [7, 11) is 1.51. The maximum atomic E-state index is 5.98. The summed E-state index contributed by atoms with van der Waals surface area (Å²) in [6, 6.07) is 2.13. The van der Waals surface area contributed by atoms with Gasteiger partial charge in [-0.2, -0.15) is 9.97 Å². The summed E-state index contributed by atoms with van der Waals surface area (Å²) in [5.74, 6) is 0.576. The van der Waals surface area contributed by atoms with Gasteiger partial charge >= 0.3 is 0 Å². The second-order valence-corrected chi connectivity index (χ2v) is 4.28. The van der Waals surface area contributed by atoms with Gasteiger partial charge in [0, 0.05) is 0 Å². The van der Waals surface area contributed by atoms with Gasteiger partial charge < -0.3 is 4.74 Å². The van der Waals surface area contributed by atoms with E-state index in [1.165, 1.54) is 18.4 Å². The SMILES string of the molecule is COc1nc(=S)nc(-c2sccc2Cl)[nH]1. The molecule has 0 aliphatic heterocycles. The third kappa shape index (κ3) is 2.17. The second-order valence-electron chi connectivity index (χ2n) is 2.59. The highest BCUT2D eigenvalue weighted by Gasteiger charge is 2.08. The van der Waals surface area contributed by atoms with Crippen molar-refractivity contribution in [3.63, 3.8) is 0 Å². The molecule has 0 aliphatic carbocycles. The summed E-state index contributed by atoms with van der Waals surface area (Å²) in [6.45, 7) is 0. The van der Waals surface area contributed by atoms with E-state index < -0.39 is 0 Å². The molecule has 0 unspecified atom stereocenters. The molecule has 0 atom stereocenters. The van der Waals surface area contributed by atoms with E-state index in [1.54, 1.807) is 6.07 Å².